The van der Waals surface area contributed by atoms with Crippen molar-refractivity contribution in [3.05, 3.63) is 53.1 Å². The molecule has 1 aliphatic heterocycles. The Balaban J connectivity index is 1.65. The van der Waals surface area contributed by atoms with Gasteiger partial charge in [0.2, 0.25) is 5.91 Å². The monoisotopic (exact) mass is 368 g/mol. The Bertz CT molecular complexity index is 825. The van der Waals surface area contributed by atoms with Gasteiger partial charge < -0.3 is 15.5 Å². The maximum atomic E-state index is 12.3. The van der Waals surface area contributed by atoms with Crippen LogP contribution in [0.1, 0.15) is 24.8 Å². The normalized spacial score (nSPS) is 13.8. The first-order valence-corrected chi connectivity index (χ1v) is 9.12. The van der Waals surface area contributed by atoms with Gasteiger partial charge in [-0.15, -0.1) is 0 Å². The summed E-state index contributed by atoms with van der Waals surface area (Å²) in [6, 6.07) is 14.9. The molecule has 0 spiro atoms. The molecule has 134 valence electrons. The van der Waals surface area contributed by atoms with E-state index in [1.165, 1.54) is 19.3 Å². The van der Waals surface area contributed by atoms with Crippen LogP contribution in [-0.4, -0.2) is 25.5 Å². The molecule has 0 atom stereocenters. The van der Waals surface area contributed by atoms with Gasteiger partial charge >= 0.3 is 0 Å². The Morgan fingerprint density at radius 2 is 1.88 bits per heavy atom. The van der Waals surface area contributed by atoms with Gasteiger partial charge in [-0.25, -0.2) is 0 Å². The number of para-hydroxylation sites is 2. The first-order valence-electron chi connectivity index (χ1n) is 8.75. The van der Waals surface area contributed by atoms with Gasteiger partial charge in [0.15, 0.2) is 0 Å². The second kappa shape index (κ2) is 8.59. The number of nitrogens with zero attached hydrogens (tertiary/aromatic N) is 2. The van der Waals surface area contributed by atoms with E-state index in [1.807, 2.05) is 18.2 Å². The smallest absolute Gasteiger partial charge is 0.243 e. The van der Waals surface area contributed by atoms with Crippen LogP contribution in [-0.2, 0) is 4.79 Å². The Morgan fingerprint density at radius 1 is 1.12 bits per heavy atom. The lowest BCUT2D eigenvalue weighted by molar-refractivity contribution is -0.114. The molecule has 1 amide bonds. The van der Waals surface area contributed by atoms with Gasteiger partial charge in [-0.1, -0.05) is 23.7 Å². The van der Waals surface area contributed by atoms with Gasteiger partial charge in [-0.3, -0.25) is 4.79 Å². The summed E-state index contributed by atoms with van der Waals surface area (Å²) in [7, 11) is 0. The minimum absolute atomic E-state index is 0.113. The first-order chi connectivity index (χ1) is 12.7. The highest BCUT2D eigenvalue weighted by Gasteiger charge is 2.15. The highest BCUT2D eigenvalue weighted by Crippen LogP contribution is 2.28. The summed E-state index contributed by atoms with van der Waals surface area (Å²) in [5.41, 5.74) is 2.88. The minimum Gasteiger partial charge on any atom is -0.374 e. The summed E-state index contributed by atoms with van der Waals surface area (Å²) in [5, 5.41) is 15.6. The molecule has 1 fully saturated rings. The van der Waals surface area contributed by atoms with Crippen molar-refractivity contribution in [1.82, 2.24) is 0 Å². The van der Waals surface area contributed by atoms with Crippen LogP contribution in [0.3, 0.4) is 0 Å². The maximum absolute atomic E-state index is 12.3. The standard InChI is InChI=1S/C20H21ClN4O/c21-16-9-8-15(13-22)18(12-16)24-20(26)14-23-17-6-2-3-7-19(17)25-10-4-1-5-11-25/h2-3,6-9,12,23H,1,4-5,10-11,14H2,(H,24,26). The van der Waals surface area contributed by atoms with Crippen LogP contribution in [0.2, 0.25) is 5.02 Å². The van der Waals surface area contributed by atoms with E-state index in [0.29, 0.717) is 16.3 Å². The molecule has 2 N–H and O–H groups in total. The Kier molecular flexibility index (Phi) is 5.98. The lowest BCUT2D eigenvalue weighted by atomic mass is 10.1. The number of carbonyl (C=O) groups excluding carboxylic acids is 1. The molecule has 0 saturated carbocycles. The van der Waals surface area contributed by atoms with Crippen molar-refractivity contribution >= 4 is 34.6 Å². The van der Waals surface area contributed by atoms with E-state index in [0.717, 1.165) is 24.5 Å². The second-order valence-corrected chi connectivity index (χ2v) is 6.70. The van der Waals surface area contributed by atoms with Crippen LogP contribution in [0.4, 0.5) is 17.1 Å². The molecule has 6 heteroatoms. The topological polar surface area (TPSA) is 68.2 Å². The third-order valence-corrected chi connectivity index (χ3v) is 4.65. The summed E-state index contributed by atoms with van der Waals surface area (Å²) in [6.07, 6.45) is 3.66. The van der Waals surface area contributed by atoms with E-state index in [-0.39, 0.29) is 12.5 Å². The van der Waals surface area contributed by atoms with Gasteiger partial charge in [0.1, 0.15) is 6.07 Å². The lowest BCUT2D eigenvalue weighted by Gasteiger charge is -2.30. The zero-order valence-electron chi connectivity index (χ0n) is 14.5. The van der Waals surface area contributed by atoms with E-state index < -0.39 is 0 Å². The van der Waals surface area contributed by atoms with Crippen LogP contribution < -0.4 is 15.5 Å². The maximum Gasteiger partial charge on any atom is 0.243 e. The molecule has 3 rings (SSSR count). The summed E-state index contributed by atoms with van der Waals surface area (Å²) in [6.45, 7) is 2.19. The molecule has 2 aromatic carbocycles. The number of carbonyl (C=O) groups is 1. The van der Waals surface area contributed by atoms with Gasteiger partial charge in [0.05, 0.1) is 29.2 Å². The zero-order chi connectivity index (χ0) is 18.4. The number of anilines is 3. The number of nitriles is 1. The van der Waals surface area contributed by atoms with Crippen LogP contribution in [0.5, 0.6) is 0 Å². The first kappa shape index (κ1) is 18.1. The Labute approximate surface area is 158 Å². The number of piperidine rings is 1. The average Bonchev–Trinajstić information content (AvgIpc) is 2.67. The third-order valence-electron chi connectivity index (χ3n) is 4.42. The molecule has 0 aromatic heterocycles. The highest BCUT2D eigenvalue weighted by molar-refractivity contribution is 6.31. The quantitative estimate of drug-likeness (QED) is 0.827. The number of amides is 1. The number of hydrogen-bond acceptors (Lipinski definition) is 4. The van der Waals surface area contributed by atoms with Crippen LogP contribution in [0.25, 0.3) is 0 Å². The molecule has 0 unspecified atom stereocenters. The predicted octanol–water partition coefficient (Wildman–Crippen LogP) is 4.25. The summed E-state index contributed by atoms with van der Waals surface area (Å²) >= 11 is 5.96. The van der Waals surface area contributed by atoms with Gasteiger partial charge in [0.25, 0.3) is 0 Å². The fraction of sp³-hybridized carbons (Fsp3) is 0.300. The molecule has 2 aromatic rings. The van der Waals surface area contributed by atoms with E-state index in [2.05, 4.69) is 27.7 Å². The predicted molar refractivity (Wildman–Crippen MR) is 106 cm³/mol. The minimum atomic E-state index is -0.225. The number of halogens is 1. The van der Waals surface area contributed by atoms with Gasteiger partial charge in [-0.2, -0.15) is 5.26 Å². The largest absolute Gasteiger partial charge is 0.374 e. The Hall–Kier alpha value is -2.71. The molecule has 26 heavy (non-hydrogen) atoms. The number of rotatable bonds is 5. The van der Waals surface area contributed by atoms with Crippen molar-refractivity contribution in [2.75, 3.05) is 35.2 Å². The molecular weight excluding hydrogens is 348 g/mol. The summed E-state index contributed by atoms with van der Waals surface area (Å²) < 4.78 is 0. The van der Waals surface area contributed by atoms with Gasteiger partial charge in [-0.05, 0) is 49.6 Å². The van der Waals surface area contributed by atoms with E-state index >= 15 is 0 Å². The van der Waals surface area contributed by atoms with Gasteiger partial charge in [0, 0.05) is 18.1 Å². The van der Waals surface area contributed by atoms with E-state index in [9.17, 15) is 4.79 Å². The highest BCUT2D eigenvalue weighted by atomic mass is 35.5. The third kappa shape index (κ3) is 4.47. The molecule has 1 saturated heterocycles. The number of hydrogen-bond donors (Lipinski definition) is 2. The van der Waals surface area contributed by atoms with E-state index in [4.69, 9.17) is 16.9 Å². The van der Waals surface area contributed by atoms with Crippen molar-refractivity contribution in [3.63, 3.8) is 0 Å². The van der Waals surface area contributed by atoms with Crippen LogP contribution in [0.15, 0.2) is 42.5 Å². The van der Waals surface area contributed by atoms with Crippen molar-refractivity contribution in [3.8, 4) is 6.07 Å². The number of nitrogens with one attached hydrogen (secondary N) is 2. The van der Waals surface area contributed by atoms with E-state index in [1.54, 1.807) is 18.2 Å². The molecule has 1 aliphatic rings. The molecule has 0 bridgehead atoms. The molecule has 0 radical (unpaired) electrons. The fourth-order valence-corrected chi connectivity index (χ4v) is 3.29. The zero-order valence-corrected chi connectivity index (χ0v) is 15.2. The SMILES string of the molecule is N#Cc1ccc(Cl)cc1NC(=O)CNc1ccccc1N1CCCCC1. The van der Waals surface area contributed by atoms with Crippen LogP contribution in [0, 0.1) is 11.3 Å². The number of benzene rings is 2. The summed E-state index contributed by atoms with van der Waals surface area (Å²) in [5.74, 6) is -0.225. The lowest BCUT2D eigenvalue weighted by Crippen LogP contribution is -2.30. The van der Waals surface area contributed by atoms with Crippen molar-refractivity contribution in [2.45, 2.75) is 19.3 Å². The van der Waals surface area contributed by atoms with Crippen LogP contribution >= 0.6 is 11.6 Å². The second-order valence-electron chi connectivity index (χ2n) is 6.27. The molecular formula is C20H21ClN4O. The van der Waals surface area contributed by atoms with Crippen molar-refractivity contribution < 1.29 is 4.79 Å². The fourth-order valence-electron chi connectivity index (χ4n) is 3.12. The Morgan fingerprint density at radius 3 is 2.65 bits per heavy atom. The average molecular weight is 369 g/mol. The molecule has 5 nitrogen and oxygen atoms in total. The van der Waals surface area contributed by atoms with Crippen molar-refractivity contribution in [2.24, 2.45) is 0 Å². The molecule has 1 heterocycles. The van der Waals surface area contributed by atoms with Crippen molar-refractivity contribution in [1.29, 1.82) is 5.26 Å². The molecule has 0 aliphatic carbocycles. The summed E-state index contributed by atoms with van der Waals surface area (Å²) in [4.78, 5) is 14.7.